The molecule has 0 spiro atoms. The van der Waals surface area contributed by atoms with E-state index >= 15 is 0 Å². The van der Waals surface area contributed by atoms with Gasteiger partial charge in [0, 0.05) is 12.6 Å². The van der Waals surface area contributed by atoms with E-state index < -0.39 is 0 Å². The predicted octanol–water partition coefficient (Wildman–Crippen LogP) is 3.61. The average molecular weight is 375 g/mol. The molecule has 0 atom stereocenters. The lowest BCUT2D eigenvalue weighted by molar-refractivity contribution is -0.111. The molecule has 1 aromatic carbocycles. The standard InChI is InChI=1S/C17H15BrN2O3/c1-2-11-19-17(22)13-5-3-4-6-14(13)20-16(21)10-8-12-7-9-15(18)23-12/h2-10H,1,11H2,(H,19,22)(H,20,21)/b10-8+. The quantitative estimate of drug-likeness (QED) is 0.599. The van der Waals surface area contributed by atoms with Gasteiger partial charge in [-0.2, -0.15) is 0 Å². The van der Waals surface area contributed by atoms with Gasteiger partial charge in [-0.25, -0.2) is 0 Å². The molecule has 0 saturated carbocycles. The number of rotatable bonds is 6. The van der Waals surface area contributed by atoms with E-state index in [9.17, 15) is 9.59 Å². The van der Waals surface area contributed by atoms with E-state index in [1.54, 1.807) is 48.6 Å². The fourth-order valence-electron chi connectivity index (χ4n) is 1.80. The van der Waals surface area contributed by atoms with Crippen LogP contribution < -0.4 is 10.6 Å². The van der Waals surface area contributed by atoms with Gasteiger partial charge in [0.1, 0.15) is 5.76 Å². The number of halogens is 1. The number of hydrogen-bond acceptors (Lipinski definition) is 3. The molecule has 2 rings (SSSR count). The van der Waals surface area contributed by atoms with Gasteiger partial charge in [0.2, 0.25) is 5.91 Å². The number of amides is 2. The molecule has 0 fully saturated rings. The smallest absolute Gasteiger partial charge is 0.253 e. The molecule has 1 aromatic heterocycles. The lowest BCUT2D eigenvalue weighted by Crippen LogP contribution is -2.24. The van der Waals surface area contributed by atoms with Gasteiger partial charge in [-0.05, 0) is 46.3 Å². The molecule has 2 aromatic rings. The van der Waals surface area contributed by atoms with E-state index in [2.05, 4.69) is 33.1 Å². The van der Waals surface area contributed by atoms with Crippen molar-refractivity contribution in [2.45, 2.75) is 0 Å². The van der Waals surface area contributed by atoms with Gasteiger partial charge < -0.3 is 15.1 Å². The minimum absolute atomic E-state index is 0.278. The van der Waals surface area contributed by atoms with E-state index in [1.807, 2.05) is 0 Å². The van der Waals surface area contributed by atoms with E-state index in [-0.39, 0.29) is 11.8 Å². The van der Waals surface area contributed by atoms with Crippen molar-refractivity contribution < 1.29 is 14.0 Å². The van der Waals surface area contributed by atoms with Crippen molar-refractivity contribution in [2.75, 3.05) is 11.9 Å². The summed E-state index contributed by atoms with van der Waals surface area (Å²) in [6.45, 7) is 3.90. The molecule has 2 amide bonds. The third-order valence-corrected chi connectivity index (χ3v) is 3.26. The summed E-state index contributed by atoms with van der Waals surface area (Å²) in [6, 6.07) is 10.2. The zero-order chi connectivity index (χ0) is 16.7. The molecule has 118 valence electrons. The topological polar surface area (TPSA) is 71.3 Å². The van der Waals surface area contributed by atoms with E-state index in [0.717, 1.165) is 0 Å². The first-order valence-corrected chi connectivity index (χ1v) is 7.62. The zero-order valence-corrected chi connectivity index (χ0v) is 13.8. The second-order valence-electron chi connectivity index (χ2n) is 4.51. The van der Waals surface area contributed by atoms with Crippen molar-refractivity contribution in [3.63, 3.8) is 0 Å². The second kappa shape index (κ2) is 8.14. The number of carbonyl (C=O) groups excluding carboxylic acids is 2. The Hall–Kier alpha value is -2.60. The average Bonchev–Trinajstić information content (AvgIpc) is 2.96. The molecule has 0 unspecified atom stereocenters. The Labute approximate surface area is 142 Å². The zero-order valence-electron chi connectivity index (χ0n) is 12.2. The fourth-order valence-corrected chi connectivity index (χ4v) is 2.12. The van der Waals surface area contributed by atoms with Gasteiger partial charge in [0.15, 0.2) is 4.67 Å². The van der Waals surface area contributed by atoms with Crippen LogP contribution in [0.25, 0.3) is 6.08 Å². The molecular formula is C17H15BrN2O3. The maximum Gasteiger partial charge on any atom is 0.253 e. The van der Waals surface area contributed by atoms with E-state index in [0.29, 0.717) is 28.2 Å². The molecule has 0 aliphatic rings. The van der Waals surface area contributed by atoms with Crippen molar-refractivity contribution in [3.8, 4) is 0 Å². The largest absolute Gasteiger partial charge is 0.450 e. The highest BCUT2D eigenvalue weighted by Gasteiger charge is 2.11. The van der Waals surface area contributed by atoms with Gasteiger partial charge in [0.05, 0.1) is 11.3 Å². The highest BCUT2D eigenvalue weighted by Crippen LogP contribution is 2.17. The summed E-state index contributed by atoms with van der Waals surface area (Å²) in [5.41, 5.74) is 0.821. The Kier molecular flexibility index (Phi) is 5.94. The number of benzene rings is 1. The van der Waals surface area contributed by atoms with Crippen LogP contribution in [0.4, 0.5) is 5.69 Å². The molecule has 5 nitrogen and oxygen atoms in total. The minimum atomic E-state index is -0.360. The van der Waals surface area contributed by atoms with Crippen LogP contribution in [0.1, 0.15) is 16.1 Å². The van der Waals surface area contributed by atoms with Crippen LogP contribution in [0.3, 0.4) is 0 Å². The SMILES string of the molecule is C=CCNC(=O)c1ccccc1NC(=O)/C=C/c1ccc(Br)o1. The third-order valence-electron chi connectivity index (χ3n) is 2.83. The van der Waals surface area contributed by atoms with Crippen LogP contribution in [-0.2, 0) is 4.79 Å². The Morgan fingerprint density at radius 3 is 2.70 bits per heavy atom. The summed E-state index contributed by atoms with van der Waals surface area (Å²) in [4.78, 5) is 24.0. The number of carbonyl (C=O) groups is 2. The lowest BCUT2D eigenvalue weighted by Gasteiger charge is -2.09. The fraction of sp³-hybridized carbons (Fsp3) is 0.0588. The molecule has 0 bridgehead atoms. The highest BCUT2D eigenvalue weighted by atomic mass is 79.9. The third kappa shape index (κ3) is 4.96. The van der Waals surface area contributed by atoms with Gasteiger partial charge in [-0.15, -0.1) is 6.58 Å². The van der Waals surface area contributed by atoms with Crippen molar-refractivity contribution in [1.82, 2.24) is 5.32 Å². The first-order chi connectivity index (χ1) is 11.1. The minimum Gasteiger partial charge on any atom is -0.450 e. The van der Waals surface area contributed by atoms with E-state index in [4.69, 9.17) is 4.42 Å². The van der Waals surface area contributed by atoms with Crippen LogP contribution in [0.2, 0.25) is 0 Å². The summed E-state index contributed by atoms with van der Waals surface area (Å²) < 4.78 is 5.85. The molecule has 6 heteroatoms. The first kappa shape index (κ1) is 16.8. The summed E-state index contributed by atoms with van der Waals surface area (Å²) in [5.74, 6) is -0.0923. The Bertz CT molecular complexity index is 750. The molecule has 0 aliphatic heterocycles. The van der Waals surface area contributed by atoms with Gasteiger partial charge in [-0.3, -0.25) is 9.59 Å². The summed E-state index contributed by atoms with van der Waals surface area (Å²) in [7, 11) is 0. The Morgan fingerprint density at radius 1 is 1.22 bits per heavy atom. The van der Waals surface area contributed by atoms with Crippen LogP contribution in [0.15, 0.2) is 64.2 Å². The lowest BCUT2D eigenvalue weighted by atomic mass is 10.1. The Morgan fingerprint density at radius 2 is 2.00 bits per heavy atom. The van der Waals surface area contributed by atoms with Crippen molar-refractivity contribution in [3.05, 3.63) is 71.1 Å². The number of hydrogen-bond donors (Lipinski definition) is 2. The number of nitrogens with one attached hydrogen (secondary N) is 2. The molecular weight excluding hydrogens is 360 g/mol. The van der Waals surface area contributed by atoms with Crippen LogP contribution in [0.5, 0.6) is 0 Å². The van der Waals surface area contributed by atoms with Crippen molar-refractivity contribution in [1.29, 1.82) is 0 Å². The summed E-state index contributed by atoms with van der Waals surface area (Å²) >= 11 is 3.19. The highest BCUT2D eigenvalue weighted by molar-refractivity contribution is 9.10. The second-order valence-corrected chi connectivity index (χ2v) is 5.29. The monoisotopic (exact) mass is 374 g/mol. The molecule has 1 heterocycles. The molecule has 0 saturated heterocycles. The predicted molar refractivity (Wildman–Crippen MR) is 93.0 cm³/mol. The summed E-state index contributed by atoms with van der Waals surface area (Å²) in [6.07, 6.45) is 4.47. The first-order valence-electron chi connectivity index (χ1n) is 6.82. The van der Waals surface area contributed by atoms with Gasteiger partial charge in [-0.1, -0.05) is 18.2 Å². The number of para-hydroxylation sites is 1. The number of furan rings is 1. The van der Waals surface area contributed by atoms with E-state index in [1.165, 1.54) is 6.08 Å². The van der Waals surface area contributed by atoms with Crippen molar-refractivity contribution in [2.24, 2.45) is 0 Å². The molecule has 23 heavy (non-hydrogen) atoms. The molecule has 0 radical (unpaired) electrons. The normalized spacial score (nSPS) is 10.5. The molecule has 2 N–H and O–H groups in total. The van der Waals surface area contributed by atoms with Crippen LogP contribution >= 0.6 is 15.9 Å². The number of anilines is 1. The van der Waals surface area contributed by atoms with Crippen LogP contribution in [-0.4, -0.2) is 18.4 Å². The van der Waals surface area contributed by atoms with Gasteiger partial charge in [0.25, 0.3) is 5.91 Å². The molecule has 0 aliphatic carbocycles. The summed E-state index contributed by atoms with van der Waals surface area (Å²) in [5, 5.41) is 5.36. The van der Waals surface area contributed by atoms with Gasteiger partial charge >= 0.3 is 0 Å². The maximum absolute atomic E-state index is 12.0. The maximum atomic E-state index is 12.0. The van der Waals surface area contributed by atoms with Crippen molar-refractivity contribution >= 4 is 39.5 Å². The Balaban J connectivity index is 2.07. The van der Waals surface area contributed by atoms with Crippen LogP contribution in [0, 0.1) is 0 Å².